The van der Waals surface area contributed by atoms with Crippen LogP contribution in [-0.4, -0.2) is 7.11 Å². The van der Waals surface area contributed by atoms with E-state index < -0.39 is 11.7 Å². The zero-order chi connectivity index (χ0) is 15.3. The molecule has 0 spiro atoms. The van der Waals surface area contributed by atoms with Crippen LogP contribution in [0.25, 0.3) is 0 Å². The van der Waals surface area contributed by atoms with Crippen molar-refractivity contribution in [2.45, 2.75) is 19.3 Å². The number of hydrogen-bond donors (Lipinski definition) is 1. The van der Waals surface area contributed by atoms with E-state index in [0.717, 1.165) is 17.2 Å². The van der Waals surface area contributed by atoms with Crippen molar-refractivity contribution < 1.29 is 17.9 Å². The predicted molar refractivity (Wildman–Crippen MR) is 75.9 cm³/mol. The van der Waals surface area contributed by atoms with E-state index in [-0.39, 0.29) is 5.69 Å². The van der Waals surface area contributed by atoms with Crippen molar-refractivity contribution in [1.29, 1.82) is 0 Å². The lowest BCUT2D eigenvalue weighted by Gasteiger charge is -2.14. The van der Waals surface area contributed by atoms with Gasteiger partial charge in [0.15, 0.2) is 0 Å². The first-order valence-corrected chi connectivity index (χ1v) is 6.47. The van der Waals surface area contributed by atoms with Crippen molar-refractivity contribution in [3.05, 3.63) is 65.2 Å². The van der Waals surface area contributed by atoms with E-state index >= 15 is 0 Å². The van der Waals surface area contributed by atoms with Gasteiger partial charge in [0.05, 0.1) is 12.2 Å². The van der Waals surface area contributed by atoms with Gasteiger partial charge in [0.25, 0.3) is 0 Å². The zero-order valence-electron chi connectivity index (χ0n) is 11.6. The van der Waals surface area contributed by atoms with Crippen molar-refractivity contribution >= 4 is 5.69 Å². The SMILES string of the molecule is COCc1ccc(CNc2ccccc2C(F)(F)F)cc1. The predicted octanol–water partition coefficient (Wildman–Crippen LogP) is 4.46. The number of nitrogens with one attached hydrogen (secondary N) is 1. The van der Waals surface area contributed by atoms with Crippen LogP contribution in [0.15, 0.2) is 48.5 Å². The zero-order valence-corrected chi connectivity index (χ0v) is 11.6. The van der Waals surface area contributed by atoms with Crippen LogP contribution in [0.4, 0.5) is 18.9 Å². The number of anilines is 1. The van der Waals surface area contributed by atoms with Crippen LogP contribution in [0, 0.1) is 0 Å². The molecule has 0 aliphatic heterocycles. The lowest BCUT2D eigenvalue weighted by Crippen LogP contribution is -2.10. The summed E-state index contributed by atoms with van der Waals surface area (Å²) in [6.07, 6.45) is -4.36. The molecule has 0 radical (unpaired) electrons. The highest BCUT2D eigenvalue weighted by atomic mass is 19.4. The number of halogens is 3. The molecule has 2 aromatic carbocycles. The molecule has 0 saturated carbocycles. The number of ether oxygens (including phenoxy) is 1. The molecule has 0 amide bonds. The van der Waals surface area contributed by atoms with E-state index in [2.05, 4.69) is 5.32 Å². The molecule has 0 bridgehead atoms. The number of methoxy groups -OCH3 is 1. The largest absolute Gasteiger partial charge is 0.418 e. The molecule has 2 aromatic rings. The third-order valence-corrected chi connectivity index (χ3v) is 3.05. The van der Waals surface area contributed by atoms with Crippen LogP contribution in [0.1, 0.15) is 16.7 Å². The van der Waals surface area contributed by atoms with E-state index in [0.29, 0.717) is 13.2 Å². The first-order chi connectivity index (χ1) is 10.0. The second-order valence-corrected chi connectivity index (χ2v) is 4.65. The molecule has 0 atom stereocenters. The minimum absolute atomic E-state index is 0.0889. The summed E-state index contributed by atoms with van der Waals surface area (Å²) in [7, 11) is 1.61. The van der Waals surface area contributed by atoms with E-state index in [4.69, 9.17) is 4.74 Å². The summed E-state index contributed by atoms with van der Waals surface area (Å²) in [5, 5.41) is 2.84. The lowest BCUT2D eigenvalue weighted by atomic mass is 10.1. The Morgan fingerprint density at radius 1 is 0.952 bits per heavy atom. The summed E-state index contributed by atoms with van der Waals surface area (Å²) in [6, 6.07) is 13.0. The van der Waals surface area contributed by atoms with Crippen molar-refractivity contribution in [2.24, 2.45) is 0 Å². The number of hydrogen-bond acceptors (Lipinski definition) is 2. The Morgan fingerprint density at radius 2 is 1.57 bits per heavy atom. The Balaban J connectivity index is 2.06. The van der Waals surface area contributed by atoms with Gasteiger partial charge in [-0.3, -0.25) is 0 Å². The van der Waals surface area contributed by atoms with Crippen LogP contribution in [0.5, 0.6) is 0 Å². The second kappa shape index (κ2) is 6.63. The molecule has 0 aromatic heterocycles. The quantitative estimate of drug-likeness (QED) is 0.879. The van der Waals surface area contributed by atoms with E-state index in [1.54, 1.807) is 13.2 Å². The van der Waals surface area contributed by atoms with Gasteiger partial charge in [-0.05, 0) is 23.3 Å². The average molecular weight is 295 g/mol. The summed E-state index contributed by atoms with van der Waals surface area (Å²) in [4.78, 5) is 0. The van der Waals surface area contributed by atoms with Gasteiger partial charge in [0, 0.05) is 19.3 Å². The number of alkyl halides is 3. The molecular weight excluding hydrogens is 279 g/mol. The third-order valence-electron chi connectivity index (χ3n) is 3.05. The fraction of sp³-hybridized carbons (Fsp3) is 0.250. The van der Waals surface area contributed by atoms with Gasteiger partial charge in [0.2, 0.25) is 0 Å². The maximum atomic E-state index is 12.9. The van der Waals surface area contributed by atoms with E-state index in [1.807, 2.05) is 24.3 Å². The van der Waals surface area contributed by atoms with Gasteiger partial charge in [0.1, 0.15) is 0 Å². The minimum atomic E-state index is -4.36. The van der Waals surface area contributed by atoms with Crippen LogP contribution < -0.4 is 5.32 Å². The van der Waals surface area contributed by atoms with Crippen LogP contribution in [0.3, 0.4) is 0 Å². The monoisotopic (exact) mass is 295 g/mol. The molecule has 0 saturated heterocycles. The van der Waals surface area contributed by atoms with Crippen LogP contribution in [-0.2, 0) is 24.1 Å². The molecule has 21 heavy (non-hydrogen) atoms. The Hall–Kier alpha value is -2.01. The topological polar surface area (TPSA) is 21.3 Å². The first kappa shape index (κ1) is 15.4. The Bertz CT molecular complexity index is 579. The molecule has 0 aliphatic carbocycles. The van der Waals surface area contributed by atoms with Crippen molar-refractivity contribution in [2.75, 3.05) is 12.4 Å². The Labute approximate surface area is 121 Å². The summed E-state index contributed by atoms with van der Waals surface area (Å²) < 4.78 is 43.6. The fourth-order valence-corrected chi connectivity index (χ4v) is 2.00. The summed E-state index contributed by atoms with van der Waals surface area (Å²) in [5.41, 5.74) is 1.37. The van der Waals surface area contributed by atoms with Gasteiger partial charge < -0.3 is 10.1 Å². The standard InChI is InChI=1S/C16H16F3NO/c1-21-11-13-8-6-12(7-9-13)10-20-15-5-3-2-4-14(15)16(17,18)19/h2-9,20H,10-11H2,1H3. The van der Waals surface area contributed by atoms with E-state index in [9.17, 15) is 13.2 Å². The lowest BCUT2D eigenvalue weighted by molar-refractivity contribution is -0.136. The second-order valence-electron chi connectivity index (χ2n) is 4.65. The number of para-hydroxylation sites is 1. The van der Waals surface area contributed by atoms with Crippen LogP contribution >= 0.6 is 0 Å². The highest BCUT2D eigenvalue weighted by Gasteiger charge is 2.32. The highest BCUT2D eigenvalue weighted by Crippen LogP contribution is 2.34. The molecule has 0 fully saturated rings. The highest BCUT2D eigenvalue weighted by molar-refractivity contribution is 5.52. The first-order valence-electron chi connectivity index (χ1n) is 6.47. The summed E-state index contributed by atoms with van der Waals surface area (Å²) in [6.45, 7) is 0.852. The maximum Gasteiger partial charge on any atom is 0.418 e. The fourth-order valence-electron chi connectivity index (χ4n) is 2.00. The van der Waals surface area contributed by atoms with Crippen molar-refractivity contribution in [3.8, 4) is 0 Å². The van der Waals surface area contributed by atoms with E-state index in [1.165, 1.54) is 12.1 Å². The number of rotatable bonds is 5. The smallest absolute Gasteiger partial charge is 0.380 e. The van der Waals surface area contributed by atoms with Crippen molar-refractivity contribution in [3.63, 3.8) is 0 Å². The molecular formula is C16H16F3NO. The third kappa shape index (κ3) is 4.23. The maximum absolute atomic E-state index is 12.9. The molecule has 1 N–H and O–H groups in total. The molecule has 0 unspecified atom stereocenters. The molecule has 0 heterocycles. The van der Waals surface area contributed by atoms with Gasteiger partial charge in [-0.2, -0.15) is 13.2 Å². The number of benzene rings is 2. The average Bonchev–Trinajstić information content (AvgIpc) is 2.46. The summed E-state index contributed by atoms with van der Waals surface area (Å²) >= 11 is 0. The Morgan fingerprint density at radius 3 is 2.19 bits per heavy atom. The normalized spacial score (nSPS) is 11.4. The van der Waals surface area contributed by atoms with Crippen molar-refractivity contribution in [1.82, 2.24) is 0 Å². The van der Waals surface area contributed by atoms with Crippen LogP contribution in [0.2, 0.25) is 0 Å². The van der Waals surface area contributed by atoms with Gasteiger partial charge in [-0.1, -0.05) is 36.4 Å². The molecule has 5 heteroatoms. The molecule has 112 valence electrons. The van der Waals surface area contributed by atoms with Gasteiger partial charge >= 0.3 is 6.18 Å². The minimum Gasteiger partial charge on any atom is -0.380 e. The Kier molecular flexibility index (Phi) is 4.85. The molecule has 0 aliphatic rings. The van der Waals surface area contributed by atoms with Gasteiger partial charge in [-0.25, -0.2) is 0 Å². The molecule has 2 rings (SSSR count). The molecule has 2 nitrogen and oxygen atoms in total. The van der Waals surface area contributed by atoms with Gasteiger partial charge in [-0.15, -0.1) is 0 Å². The summed E-state index contributed by atoms with van der Waals surface area (Å²) in [5.74, 6) is 0.